The lowest BCUT2D eigenvalue weighted by Crippen LogP contribution is -2.25. The van der Waals surface area contributed by atoms with E-state index in [-0.39, 0.29) is 5.97 Å². The topological polar surface area (TPSA) is 92.7 Å². The lowest BCUT2D eigenvalue weighted by Gasteiger charge is -2.12. The number of hydrazone groups is 1. The molecule has 0 aliphatic heterocycles. The summed E-state index contributed by atoms with van der Waals surface area (Å²) in [6, 6.07) is 4.89. The molecule has 8 heteroatoms. The third-order valence-corrected chi connectivity index (χ3v) is 5.14. The third-order valence-electron chi connectivity index (χ3n) is 3.93. The number of pyridine rings is 1. The van der Waals surface area contributed by atoms with Gasteiger partial charge in [-0.1, -0.05) is 6.07 Å². The normalized spacial score (nSPS) is 13.3. The number of fused-ring (bicyclic) bond motifs is 1. The zero-order valence-corrected chi connectivity index (χ0v) is 15.3. The number of urea groups is 1. The van der Waals surface area contributed by atoms with Gasteiger partial charge in [-0.3, -0.25) is 10.3 Å². The summed E-state index contributed by atoms with van der Waals surface area (Å²) in [5, 5.41) is 7.11. The lowest BCUT2D eigenvalue weighted by atomic mass is 9.95. The van der Waals surface area contributed by atoms with Crippen molar-refractivity contribution in [3.8, 4) is 0 Å². The van der Waals surface area contributed by atoms with Gasteiger partial charge >= 0.3 is 12.0 Å². The van der Waals surface area contributed by atoms with Crippen LogP contribution in [0.1, 0.15) is 46.3 Å². The number of nitrogens with one attached hydrogen (secondary N) is 2. The molecule has 0 unspecified atom stereocenters. The molecular weight excluding hydrogens is 352 g/mol. The summed E-state index contributed by atoms with van der Waals surface area (Å²) in [5.74, 6) is -0.390. The molecule has 2 aromatic heterocycles. The highest BCUT2D eigenvalue weighted by molar-refractivity contribution is 7.17. The van der Waals surface area contributed by atoms with Crippen LogP contribution in [0.25, 0.3) is 0 Å². The van der Waals surface area contributed by atoms with Gasteiger partial charge in [-0.15, -0.1) is 11.3 Å². The highest BCUT2D eigenvalue weighted by atomic mass is 32.1. The molecule has 136 valence electrons. The van der Waals surface area contributed by atoms with Crippen molar-refractivity contribution in [3.05, 3.63) is 46.1 Å². The number of ether oxygens (including phenoxy) is 1. The fourth-order valence-electron chi connectivity index (χ4n) is 2.81. The van der Waals surface area contributed by atoms with Crippen LogP contribution in [0.5, 0.6) is 0 Å². The quantitative estimate of drug-likeness (QED) is 0.478. The van der Waals surface area contributed by atoms with Gasteiger partial charge in [0.15, 0.2) is 0 Å². The number of aromatic nitrogens is 1. The molecule has 7 nitrogen and oxygen atoms in total. The van der Waals surface area contributed by atoms with E-state index in [4.69, 9.17) is 4.74 Å². The number of thiophene rings is 1. The lowest BCUT2D eigenvalue weighted by molar-refractivity contribution is 0.0526. The number of anilines is 1. The third kappa shape index (κ3) is 4.26. The molecule has 2 aromatic rings. The average Bonchev–Trinajstić information content (AvgIpc) is 3.00. The molecule has 0 saturated carbocycles. The average molecular weight is 372 g/mol. The molecule has 1 aliphatic carbocycles. The second-order valence-corrected chi connectivity index (χ2v) is 6.82. The Morgan fingerprint density at radius 3 is 2.96 bits per heavy atom. The molecule has 2 amide bonds. The van der Waals surface area contributed by atoms with Gasteiger partial charge in [0.2, 0.25) is 0 Å². The Morgan fingerprint density at radius 1 is 1.35 bits per heavy atom. The Kier molecular flexibility index (Phi) is 5.96. The molecule has 3 rings (SSSR count). The minimum atomic E-state index is -0.513. The number of hydrogen-bond acceptors (Lipinski definition) is 6. The maximum atomic E-state index is 12.4. The van der Waals surface area contributed by atoms with Crippen LogP contribution >= 0.6 is 11.3 Å². The monoisotopic (exact) mass is 372 g/mol. The minimum Gasteiger partial charge on any atom is -0.462 e. The van der Waals surface area contributed by atoms with E-state index in [2.05, 4.69) is 20.8 Å². The van der Waals surface area contributed by atoms with Crippen LogP contribution in [-0.4, -0.2) is 29.8 Å². The molecule has 2 heterocycles. The zero-order valence-electron chi connectivity index (χ0n) is 14.4. The predicted octanol–water partition coefficient (Wildman–Crippen LogP) is 3.35. The van der Waals surface area contributed by atoms with Gasteiger partial charge in [0, 0.05) is 11.1 Å². The molecule has 0 radical (unpaired) electrons. The summed E-state index contributed by atoms with van der Waals surface area (Å²) in [4.78, 5) is 29.7. The van der Waals surface area contributed by atoms with Crippen LogP contribution in [0.15, 0.2) is 29.5 Å². The molecule has 26 heavy (non-hydrogen) atoms. The zero-order chi connectivity index (χ0) is 18.4. The number of carbonyl (C=O) groups excluding carboxylic acids is 2. The smallest absolute Gasteiger partial charge is 0.341 e. The van der Waals surface area contributed by atoms with Crippen molar-refractivity contribution in [3.63, 3.8) is 0 Å². The molecule has 1 aliphatic rings. The first-order valence-corrected chi connectivity index (χ1v) is 9.33. The molecule has 2 N–H and O–H groups in total. The van der Waals surface area contributed by atoms with Gasteiger partial charge in [-0.25, -0.2) is 15.0 Å². The Balaban J connectivity index is 1.72. The first-order valence-electron chi connectivity index (χ1n) is 8.51. The van der Waals surface area contributed by atoms with E-state index < -0.39 is 6.03 Å². The summed E-state index contributed by atoms with van der Waals surface area (Å²) < 4.78 is 5.17. The Bertz CT molecular complexity index is 817. The SMILES string of the molecule is CCOC(=O)c1c(NC(=O)N/N=C\c2ccccn2)sc2c1CCCC2. The van der Waals surface area contributed by atoms with E-state index in [0.29, 0.717) is 22.9 Å². The van der Waals surface area contributed by atoms with Crippen LogP contribution < -0.4 is 10.7 Å². The first-order chi connectivity index (χ1) is 12.7. The maximum Gasteiger partial charge on any atom is 0.341 e. The van der Waals surface area contributed by atoms with Crippen molar-refractivity contribution in [1.82, 2.24) is 10.4 Å². The molecule has 0 fully saturated rings. The van der Waals surface area contributed by atoms with E-state index in [1.807, 2.05) is 6.07 Å². The van der Waals surface area contributed by atoms with Crippen molar-refractivity contribution in [2.45, 2.75) is 32.6 Å². The Hall–Kier alpha value is -2.74. The number of carbonyl (C=O) groups is 2. The van der Waals surface area contributed by atoms with E-state index in [9.17, 15) is 9.59 Å². The second-order valence-electron chi connectivity index (χ2n) is 5.71. The summed E-state index contributed by atoms with van der Waals surface area (Å²) in [5.41, 5.74) is 4.51. The largest absolute Gasteiger partial charge is 0.462 e. The summed E-state index contributed by atoms with van der Waals surface area (Å²) in [6.45, 7) is 2.06. The summed E-state index contributed by atoms with van der Waals surface area (Å²) in [7, 11) is 0. The van der Waals surface area contributed by atoms with E-state index in [1.165, 1.54) is 17.6 Å². The van der Waals surface area contributed by atoms with Gasteiger partial charge in [0.05, 0.1) is 24.1 Å². The van der Waals surface area contributed by atoms with Crippen LogP contribution in [0, 0.1) is 0 Å². The summed E-state index contributed by atoms with van der Waals surface area (Å²) >= 11 is 1.44. The van der Waals surface area contributed by atoms with E-state index in [1.54, 1.807) is 25.3 Å². The molecule has 0 spiro atoms. The maximum absolute atomic E-state index is 12.4. The molecular formula is C18H20N4O3S. The minimum absolute atomic E-state index is 0.295. The predicted molar refractivity (Wildman–Crippen MR) is 101 cm³/mol. The number of esters is 1. The van der Waals surface area contributed by atoms with Gasteiger partial charge in [-0.2, -0.15) is 5.10 Å². The highest BCUT2D eigenvalue weighted by Gasteiger charge is 2.27. The Labute approximate surface area is 155 Å². The van der Waals surface area contributed by atoms with Crippen LogP contribution in [0.4, 0.5) is 9.80 Å². The number of aryl methyl sites for hydroxylation is 1. The van der Waals surface area contributed by atoms with Crippen LogP contribution in [0.2, 0.25) is 0 Å². The molecule has 0 saturated heterocycles. The first kappa shape index (κ1) is 18.1. The van der Waals surface area contributed by atoms with Gasteiger partial charge in [0.25, 0.3) is 0 Å². The Morgan fingerprint density at radius 2 is 2.19 bits per heavy atom. The highest BCUT2D eigenvalue weighted by Crippen LogP contribution is 2.38. The molecule has 0 aromatic carbocycles. The van der Waals surface area contributed by atoms with Gasteiger partial charge in [-0.05, 0) is 50.3 Å². The molecule has 0 bridgehead atoms. The second kappa shape index (κ2) is 8.57. The fraction of sp³-hybridized carbons (Fsp3) is 0.333. The standard InChI is InChI=1S/C18H20N4O3S/c1-2-25-17(23)15-13-8-3-4-9-14(13)26-16(15)21-18(24)22-20-11-12-7-5-6-10-19-12/h5-7,10-11H,2-4,8-9H2,1H3,(H2,21,22,24)/b20-11-. The van der Waals surface area contributed by atoms with Crippen molar-refractivity contribution in [1.29, 1.82) is 0 Å². The van der Waals surface area contributed by atoms with Crippen molar-refractivity contribution < 1.29 is 14.3 Å². The van der Waals surface area contributed by atoms with Crippen molar-refractivity contribution in [2.75, 3.05) is 11.9 Å². The summed E-state index contributed by atoms with van der Waals surface area (Å²) in [6.07, 6.45) is 6.98. The number of hydrogen-bond donors (Lipinski definition) is 2. The van der Waals surface area contributed by atoms with E-state index >= 15 is 0 Å². The van der Waals surface area contributed by atoms with Gasteiger partial charge < -0.3 is 4.74 Å². The number of nitrogens with zero attached hydrogens (tertiary/aromatic N) is 2. The van der Waals surface area contributed by atoms with Crippen molar-refractivity contribution >= 4 is 34.6 Å². The number of rotatable bonds is 5. The number of amides is 2. The van der Waals surface area contributed by atoms with Crippen LogP contribution in [-0.2, 0) is 17.6 Å². The van der Waals surface area contributed by atoms with Crippen LogP contribution in [0.3, 0.4) is 0 Å². The molecule has 0 atom stereocenters. The van der Waals surface area contributed by atoms with E-state index in [0.717, 1.165) is 36.1 Å². The fourth-order valence-corrected chi connectivity index (χ4v) is 4.09. The van der Waals surface area contributed by atoms with Crippen molar-refractivity contribution in [2.24, 2.45) is 5.10 Å². The van der Waals surface area contributed by atoms with Gasteiger partial charge in [0.1, 0.15) is 5.00 Å².